The van der Waals surface area contributed by atoms with Crippen molar-refractivity contribution < 1.29 is 9.59 Å². The van der Waals surface area contributed by atoms with E-state index in [4.69, 9.17) is 0 Å². The molecule has 0 unspecified atom stereocenters. The van der Waals surface area contributed by atoms with Crippen LogP contribution in [0.15, 0.2) is 24.3 Å². The van der Waals surface area contributed by atoms with Gasteiger partial charge in [0.05, 0.1) is 0 Å². The molecule has 0 spiro atoms. The predicted octanol–water partition coefficient (Wildman–Crippen LogP) is 1.94. The van der Waals surface area contributed by atoms with E-state index in [2.05, 4.69) is 36.7 Å². The maximum absolute atomic E-state index is 12.2. The zero-order valence-electron chi connectivity index (χ0n) is 14.2. The zero-order valence-corrected chi connectivity index (χ0v) is 14.2. The van der Waals surface area contributed by atoms with Gasteiger partial charge < -0.3 is 16.0 Å². The highest BCUT2D eigenvalue weighted by Crippen LogP contribution is 2.12. The first-order valence-electron chi connectivity index (χ1n) is 8.25. The highest BCUT2D eigenvalue weighted by atomic mass is 16.2. The molecule has 2 rings (SSSR count). The van der Waals surface area contributed by atoms with Crippen molar-refractivity contribution >= 4 is 11.8 Å². The average Bonchev–Trinajstić information content (AvgIpc) is 2.53. The molecular formula is C18H27N3O2. The Morgan fingerprint density at radius 1 is 1.04 bits per heavy atom. The van der Waals surface area contributed by atoms with Gasteiger partial charge in [-0.15, -0.1) is 0 Å². The minimum atomic E-state index is -0.106. The fourth-order valence-electron chi connectivity index (χ4n) is 2.46. The first-order chi connectivity index (χ1) is 10.8. The molecule has 1 aliphatic heterocycles. The lowest BCUT2D eigenvalue weighted by molar-refractivity contribution is 0.0921. The van der Waals surface area contributed by atoms with Gasteiger partial charge in [-0.3, -0.25) is 9.59 Å². The van der Waals surface area contributed by atoms with E-state index in [1.54, 1.807) is 24.3 Å². The Hall–Kier alpha value is -1.88. The van der Waals surface area contributed by atoms with Gasteiger partial charge in [-0.25, -0.2) is 0 Å². The topological polar surface area (TPSA) is 70.2 Å². The van der Waals surface area contributed by atoms with E-state index in [-0.39, 0.29) is 23.3 Å². The van der Waals surface area contributed by atoms with Crippen LogP contribution >= 0.6 is 0 Å². The van der Waals surface area contributed by atoms with E-state index < -0.39 is 0 Å². The fourth-order valence-corrected chi connectivity index (χ4v) is 2.46. The van der Waals surface area contributed by atoms with Crippen molar-refractivity contribution in [1.29, 1.82) is 0 Å². The van der Waals surface area contributed by atoms with Crippen molar-refractivity contribution in [3.63, 3.8) is 0 Å². The third-order valence-electron chi connectivity index (χ3n) is 3.86. The molecule has 2 amide bonds. The minimum Gasteiger partial charge on any atom is -0.352 e. The Bertz CT molecular complexity index is 540. The number of carbonyl (C=O) groups excluding carboxylic acids is 2. The third-order valence-corrected chi connectivity index (χ3v) is 3.86. The Balaban J connectivity index is 1.90. The number of amides is 2. The van der Waals surface area contributed by atoms with Gasteiger partial charge in [0, 0.05) is 23.7 Å². The summed E-state index contributed by atoms with van der Waals surface area (Å²) in [5.74, 6) is -0.177. The lowest BCUT2D eigenvalue weighted by Crippen LogP contribution is -2.42. The number of nitrogens with one attached hydrogen (secondary N) is 3. The molecule has 0 saturated carbocycles. The van der Waals surface area contributed by atoms with E-state index in [0.29, 0.717) is 17.7 Å². The number of benzene rings is 1. The van der Waals surface area contributed by atoms with Crippen LogP contribution in [-0.2, 0) is 0 Å². The zero-order chi connectivity index (χ0) is 16.9. The van der Waals surface area contributed by atoms with Crippen molar-refractivity contribution in [2.24, 2.45) is 5.41 Å². The van der Waals surface area contributed by atoms with E-state index in [1.165, 1.54) is 0 Å². The fraction of sp³-hybridized carbons (Fsp3) is 0.556. The Morgan fingerprint density at radius 3 is 2.09 bits per heavy atom. The molecule has 5 nitrogen and oxygen atoms in total. The highest BCUT2D eigenvalue weighted by Gasteiger charge is 2.17. The van der Waals surface area contributed by atoms with Crippen molar-refractivity contribution in [2.75, 3.05) is 19.6 Å². The van der Waals surface area contributed by atoms with Crippen molar-refractivity contribution in [3.05, 3.63) is 35.4 Å². The quantitative estimate of drug-likeness (QED) is 0.795. The van der Waals surface area contributed by atoms with Crippen molar-refractivity contribution in [3.8, 4) is 0 Å². The molecule has 0 aliphatic carbocycles. The molecule has 1 aromatic carbocycles. The molecule has 0 aromatic heterocycles. The lowest BCUT2D eigenvalue weighted by Gasteiger charge is -2.23. The predicted molar refractivity (Wildman–Crippen MR) is 91.6 cm³/mol. The Kier molecular flexibility index (Phi) is 5.77. The average molecular weight is 317 g/mol. The second kappa shape index (κ2) is 7.59. The van der Waals surface area contributed by atoms with E-state index >= 15 is 0 Å². The largest absolute Gasteiger partial charge is 0.352 e. The molecule has 23 heavy (non-hydrogen) atoms. The summed E-state index contributed by atoms with van der Waals surface area (Å²) >= 11 is 0. The van der Waals surface area contributed by atoms with Gasteiger partial charge in [-0.05, 0) is 55.6 Å². The van der Waals surface area contributed by atoms with Crippen LogP contribution < -0.4 is 16.0 Å². The summed E-state index contributed by atoms with van der Waals surface area (Å²) in [6.45, 7) is 8.71. The van der Waals surface area contributed by atoms with Gasteiger partial charge in [0.25, 0.3) is 11.8 Å². The molecule has 3 N–H and O–H groups in total. The lowest BCUT2D eigenvalue weighted by atomic mass is 9.97. The number of rotatable bonds is 4. The van der Waals surface area contributed by atoms with Crippen LogP contribution in [0, 0.1) is 5.41 Å². The second-order valence-corrected chi connectivity index (χ2v) is 7.32. The van der Waals surface area contributed by atoms with Crippen LogP contribution in [0.5, 0.6) is 0 Å². The monoisotopic (exact) mass is 317 g/mol. The molecule has 1 saturated heterocycles. The molecule has 1 heterocycles. The normalized spacial score (nSPS) is 16.0. The molecule has 1 aliphatic rings. The van der Waals surface area contributed by atoms with Gasteiger partial charge in [-0.2, -0.15) is 0 Å². The Labute approximate surface area is 138 Å². The van der Waals surface area contributed by atoms with Crippen molar-refractivity contribution in [2.45, 2.75) is 39.7 Å². The standard InChI is InChI=1S/C18H27N3O2/c1-18(2,3)12-20-16(22)13-4-6-14(7-5-13)17(23)21-15-8-10-19-11-9-15/h4-7,15,19H,8-12H2,1-3H3,(H,20,22)(H,21,23). The molecule has 126 valence electrons. The van der Waals surface area contributed by atoms with Crippen LogP contribution in [0.4, 0.5) is 0 Å². The number of carbonyl (C=O) groups is 2. The van der Waals surface area contributed by atoms with Gasteiger partial charge in [0.1, 0.15) is 0 Å². The SMILES string of the molecule is CC(C)(C)CNC(=O)c1ccc(C(=O)NC2CCNCC2)cc1. The van der Waals surface area contributed by atoms with Gasteiger partial charge in [0.2, 0.25) is 0 Å². The van der Waals surface area contributed by atoms with Crippen LogP contribution in [0.25, 0.3) is 0 Å². The molecular weight excluding hydrogens is 290 g/mol. The summed E-state index contributed by atoms with van der Waals surface area (Å²) in [7, 11) is 0. The molecule has 5 heteroatoms. The molecule has 0 atom stereocenters. The van der Waals surface area contributed by atoms with E-state index in [1.807, 2.05) is 0 Å². The second-order valence-electron chi connectivity index (χ2n) is 7.32. The maximum Gasteiger partial charge on any atom is 0.251 e. The first-order valence-corrected chi connectivity index (χ1v) is 8.25. The first kappa shape index (κ1) is 17.5. The summed E-state index contributed by atoms with van der Waals surface area (Å²) in [5, 5.41) is 9.23. The minimum absolute atomic E-state index is 0.0460. The maximum atomic E-state index is 12.2. The van der Waals surface area contributed by atoms with Crippen LogP contribution in [-0.4, -0.2) is 37.5 Å². The van der Waals surface area contributed by atoms with Crippen LogP contribution in [0.2, 0.25) is 0 Å². The van der Waals surface area contributed by atoms with E-state index in [0.717, 1.165) is 25.9 Å². The highest BCUT2D eigenvalue weighted by molar-refractivity contribution is 5.97. The molecule has 1 aromatic rings. The molecule has 1 fully saturated rings. The Morgan fingerprint density at radius 2 is 1.57 bits per heavy atom. The van der Waals surface area contributed by atoms with Gasteiger partial charge in [-0.1, -0.05) is 20.8 Å². The smallest absolute Gasteiger partial charge is 0.251 e. The van der Waals surface area contributed by atoms with E-state index in [9.17, 15) is 9.59 Å². The number of hydrogen-bond donors (Lipinski definition) is 3. The number of piperidine rings is 1. The number of hydrogen-bond acceptors (Lipinski definition) is 3. The third kappa shape index (κ3) is 5.67. The van der Waals surface area contributed by atoms with Crippen LogP contribution in [0.3, 0.4) is 0 Å². The summed E-state index contributed by atoms with van der Waals surface area (Å²) in [6.07, 6.45) is 1.91. The van der Waals surface area contributed by atoms with Crippen LogP contribution in [0.1, 0.15) is 54.3 Å². The molecule has 0 radical (unpaired) electrons. The summed E-state index contributed by atoms with van der Waals surface area (Å²) in [6, 6.07) is 7.06. The molecule has 0 bridgehead atoms. The van der Waals surface area contributed by atoms with Crippen molar-refractivity contribution in [1.82, 2.24) is 16.0 Å². The summed E-state index contributed by atoms with van der Waals surface area (Å²) in [4.78, 5) is 24.3. The summed E-state index contributed by atoms with van der Waals surface area (Å²) in [5.41, 5.74) is 1.22. The summed E-state index contributed by atoms with van der Waals surface area (Å²) < 4.78 is 0. The van der Waals surface area contributed by atoms with Gasteiger partial charge in [0.15, 0.2) is 0 Å². The van der Waals surface area contributed by atoms with Gasteiger partial charge >= 0.3 is 0 Å².